The normalized spacial score (nSPS) is 9.96. The van der Waals surface area contributed by atoms with Gasteiger partial charge in [0.2, 0.25) is 0 Å². The number of nitriles is 1. The minimum atomic E-state index is -0.0597. The molecule has 0 fully saturated rings. The van der Waals surface area contributed by atoms with E-state index in [9.17, 15) is 4.79 Å². The second-order valence-electron chi connectivity index (χ2n) is 5.10. The number of benzene rings is 2. The first-order valence-corrected chi connectivity index (χ1v) is 7.98. The number of carbonyl (C=O) groups excluding carboxylic acids is 1. The summed E-state index contributed by atoms with van der Waals surface area (Å²) in [5.74, 6) is 1.17. The highest BCUT2D eigenvalue weighted by atomic mass is 79.9. The van der Waals surface area contributed by atoms with Crippen molar-refractivity contribution >= 4 is 27.4 Å². The molecular formula is C18H17BrN2O3. The molecule has 0 bridgehead atoms. The molecule has 5 nitrogen and oxygen atoms in total. The molecule has 0 aliphatic rings. The molecular weight excluding hydrogens is 372 g/mol. The molecule has 2 aromatic rings. The molecule has 2 aromatic carbocycles. The van der Waals surface area contributed by atoms with Crippen LogP contribution >= 0.6 is 15.9 Å². The van der Waals surface area contributed by atoms with Gasteiger partial charge in [-0.3, -0.25) is 4.79 Å². The van der Waals surface area contributed by atoms with Gasteiger partial charge in [0.1, 0.15) is 0 Å². The van der Waals surface area contributed by atoms with Crippen LogP contribution in [0.5, 0.6) is 11.5 Å². The van der Waals surface area contributed by atoms with E-state index in [1.165, 1.54) is 6.92 Å². The van der Waals surface area contributed by atoms with Crippen molar-refractivity contribution in [2.24, 2.45) is 0 Å². The van der Waals surface area contributed by atoms with Gasteiger partial charge in [0.05, 0.1) is 30.3 Å². The van der Waals surface area contributed by atoms with Crippen molar-refractivity contribution in [3.63, 3.8) is 0 Å². The lowest BCUT2D eigenvalue weighted by Gasteiger charge is -2.14. The largest absolute Gasteiger partial charge is 0.493 e. The van der Waals surface area contributed by atoms with E-state index in [2.05, 4.69) is 27.3 Å². The summed E-state index contributed by atoms with van der Waals surface area (Å²) in [5, 5.41) is 12.3. The van der Waals surface area contributed by atoms with Crippen LogP contribution in [-0.2, 0) is 6.54 Å². The Bertz CT molecular complexity index is 813. The number of nitrogens with one attached hydrogen (secondary N) is 1. The smallest absolute Gasteiger partial charge is 0.174 e. The Labute approximate surface area is 149 Å². The van der Waals surface area contributed by atoms with Crippen LogP contribution in [0.4, 0.5) is 5.69 Å². The van der Waals surface area contributed by atoms with Crippen LogP contribution in [0.2, 0.25) is 0 Å². The Hall–Kier alpha value is -2.52. The summed E-state index contributed by atoms with van der Waals surface area (Å²) in [7, 11) is 3.15. The van der Waals surface area contributed by atoms with Gasteiger partial charge in [-0.25, -0.2) is 0 Å². The number of Topliss-reactive ketones (excluding diaryl/α,β-unsaturated/α-hetero) is 1. The fourth-order valence-corrected chi connectivity index (χ4v) is 2.99. The van der Waals surface area contributed by atoms with Crippen molar-refractivity contribution in [2.75, 3.05) is 19.5 Å². The number of rotatable bonds is 6. The molecule has 2 rings (SSSR count). The molecule has 6 heteroatoms. The Morgan fingerprint density at radius 3 is 2.58 bits per heavy atom. The first-order chi connectivity index (χ1) is 11.5. The van der Waals surface area contributed by atoms with E-state index in [0.29, 0.717) is 34.9 Å². The second-order valence-corrected chi connectivity index (χ2v) is 5.95. The van der Waals surface area contributed by atoms with Gasteiger partial charge in [-0.2, -0.15) is 5.26 Å². The zero-order valence-electron chi connectivity index (χ0n) is 13.6. The summed E-state index contributed by atoms with van der Waals surface area (Å²) in [6.45, 7) is 1.97. The van der Waals surface area contributed by atoms with Crippen LogP contribution in [0.15, 0.2) is 34.8 Å². The zero-order chi connectivity index (χ0) is 17.7. The molecule has 0 atom stereocenters. The molecule has 24 heavy (non-hydrogen) atoms. The summed E-state index contributed by atoms with van der Waals surface area (Å²) < 4.78 is 11.4. The van der Waals surface area contributed by atoms with Gasteiger partial charge >= 0.3 is 0 Å². The van der Waals surface area contributed by atoms with Gasteiger partial charge in [0, 0.05) is 17.8 Å². The summed E-state index contributed by atoms with van der Waals surface area (Å²) >= 11 is 3.46. The van der Waals surface area contributed by atoms with Crippen molar-refractivity contribution in [3.05, 3.63) is 51.5 Å². The average molecular weight is 389 g/mol. The number of hydrogen-bond donors (Lipinski definition) is 1. The maximum atomic E-state index is 11.7. The van der Waals surface area contributed by atoms with Crippen molar-refractivity contribution < 1.29 is 14.3 Å². The zero-order valence-corrected chi connectivity index (χ0v) is 15.2. The van der Waals surface area contributed by atoms with E-state index in [1.54, 1.807) is 32.4 Å². The van der Waals surface area contributed by atoms with Crippen LogP contribution in [0, 0.1) is 11.3 Å². The van der Waals surface area contributed by atoms with E-state index in [0.717, 1.165) is 10.0 Å². The van der Waals surface area contributed by atoms with E-state index in [-0.39, 0.29) is 5.78 Å². The van der Waals surface area contributed by atoms with Gasteiger partial charge in [-0.15, -0.1) is 0 Å². The number of anilines is 1. The molecule has 1 N–H and O–H groups in total. The number of methoxy groups -OCH3 is 2. The predicted molar refractivity (Wildman–Crippen MR) is 95.7 cm³/mol. The highest BCUT2D eigenvalue weighted by molar-refractivity contribution is 9.10. The molecule has 0 spiro atoms. The Morgan fingerprint density at radius 1 is 1.25 bits per heavy atom. The van der Waals surface area contributed by atoms with Crippen LogP contribution in [0.3, 0.4) is 0 Å². The van der Waals surface area contributed by atoms with Crippen LogP contribution in [0.25, 0.3) is 0 Å². The highest BCUT2D eigenvalue weighted by Crippen LogP contribution is 2.36. The third kappa shape index (κ3) is 3.87. The minimum Gasteiger partial charge on any atom is -0.493 e. The fourth-order valence-electron chi connectivity index (χ4n) is 2.34. The van der Waals surface area contributed by atoms with Crippen LogP contribution in [0.1, 0.15) is 28.4 Å². The Morgan fingerprint density at radius 2 is 2.00 bits per heavy atom. The first-order valence-electron chi connectivity index (χ1n) is 7.19. The Kier molecular flexibility index (Phi) is 5.83. The molecule has 0 unspecified atom stereocenters. The lowest BCUT2D eigenvalue weighted by atomic mass is 10.1. The van der Waals surface area contributed by atoms with E-state index in [4.69, 9.17) is 14.7 Å². The number of halogens is 1. The summed E-state index contributed by atoms with van der Waals surface area (Å²) in [5.41, 5.74) is 2.62. The number of carbonyl (C=O) groups is 1. The summed E-state index contributed by atoms with van der Waals surface area (Å²) in [4.78, 5) is 11.7. The van der Waals surface area contributed by atoms with Gasteiger partial charge in [0.25, 0.3) is 0 Å². The quantitative estimate of drug-likeness (QED) is 0.752. The molecule has 0 aromatic heterocycles. The van der Waals surface area contributed by atoms with Gasteiger partial charge < -0.3 is 14.8 Å². The van der Waals surface area contributed by atoms with Gasteiger partial charge in [-0.1, -0.05) is 0 Å². The molecule has 0 heterocycles. The van der Waals surface area contributed by atoms with Crippen LogP contribution < -0.4 is 14.8 Å². The fraction of sp³-hybridized carbons (Fsp3) is 0.222. The number of ketones is 1. The third-order valence-corrected chi connectivity index (χ3v) is 4.09. The van der Waals surface area contributed by atoms with E-state index < -0.39 is 0 Å². The molecule has 0 saturated heterocycles. The third-order valence-electron chi connectivity index (χ3n) is 3.50. The molecule has 0 aliphatic heterocycles. The number of nitrogens with zero attached hydrogens (tertiary/aromatic N) is 1. The predicted octanol–water partition coefficient (Wildman–Crippen LogP) is 4.15. The topological polar surface area (TPSA) is 71.3 Å². The first kappa shape index (κ1) is 17.8. The SMILES string of the molecule is COc1cc(CNc2cc(C#N)ccc2C(C)=O)cc(Br)c1OC. The Balaban J connectivity index is 2.30. The molecule has 0 saturated carbocycles. The number of ether oxygens (including phenoxy) is 2. The van der Waals surface area contributed by atoms with Crippen molar-refractivity contribution in [3.8, 4) is 17.6 Å². The van der Waals surface area contributed by atoms with Crippen LogP contribution in [-0.4, -0.2) is 20.0 Å². The second kappa shape index (κ2) is 7.84. The van der Waals surface area contributed by atoms with Gasteiger partial charge in [0.15, 0.2) is 17.3 Å². The molecule has 0 amide bonds. The molecule has 0 aliphatic carbocycles. The molecule has 0 radical (unpaired) electrons. The maximum absolute atomic E-state index is 11.7. The average Bonchev–Trinajstić information content (AvgIpc) is 2.58. The minimum absolute atomic E-state index is 0.0597. The highest BCUT2D eigenvalue weighted by Gasteiger charge is 2.12. The standard InChI is InChI=1S/C18H17BrN2O3/c1-11(22)14-5-4-12(9-20)7-16(14)21-10-13-6-15(19)18(24-3)17(8-13)23-2/h4-8,21H,10H2,1-3H3. The molecule has 124 valence electrons. The maximum Gasteiger partial charge on any atom is 0.174 e. The summed E-state index contributed by atoms with van der Waals surface area (Å²) in [6.07, 6.45) is 0. The van der Waals surface area contributed by atoms with Crippen molar-refractivity contribution in [2.45, 2.75) is 13.5 Å². The van der Waals surface area contributed by atoms with Crippen molar-refractivity contribution in [1.82, 2.24) is 0 Å². The van der Waals surface area contributed by atoms with Gasteiger partial charge in [-0.05, 0) is 58.7 Å². The van der Waals surface area contributed by atoms with E-state index in [1.807, 2.05) is 12.1 Å². The lowest BCUT2D eigenvalue weighted by Crippen LogP contribution is -2.06. The van der Waals surface area contributed by atoms with Crippen molar-refractivity contribution in [1.29, 1.82) is 5.26 Å². The number of hydrogen-bond acceptors (Lipinski definition) is 5. The lowest BCUT2D eigenvalue weighted by molar-refractivity contribution is 0.101. The summed E-state index contributed by atoms with van der Waals surface area (Å²) in [6, 6.07) is 10.8. The van der Waals surface area contributed by atoms with E-state index >= 15 is 0 Å². The monoisotopic (exact) mass is 388 g/mol.